The molecule has 2 aromatic rings. The third kappa shape index (κ3) is 4.46. The van der Waals surface area contributed by atoms with Crippen molar-refractivity contribution >= 4 is 11.6 Å². The maximum Gasteiger partial charge on any atom is 0.227 e. The largest absolute Gasteiger partial charge is 0.497 e. The van der Waals surface area contributed by atoms with Crippen LogP contribution in [-0.2, 0) is 28.9 Å². The summed E-state index contributed by atoms with van der Waals surface area (Å²) in [4.78, 5) is 17.6. The van der Waals surface area contributed by atoms with Gasteiger partial charge in [-0.3, -0.25) is 4.79 Å². The van der Waals surface area contributed by atoms with E-state index in [1.807, 2.05) is 20.2 Å². The van der Waals surface area contributed by atoms with E-state index in [0.717, 1.165) is 49.5 Å². The number of amides is 1. The maximum atomic E-state index is 13.4. The highest BCUT2D eigenvalue weighted by atomic mass is 16.5. The zero-order chi connectivity index (χ0) is 21.1. The number of methoxy groups -OCH3 is 1. The molecule has 0 saturated carbocycles. The molecule has 0 N–H and O–H groups in total. The predicted molar refractivity (Wildman–Crippen MR) is 119 cm³/mol. The Kier molecular flexibility index (Phi) is 6.28. The molecule has 0 radical (unpaired) electrons. The standard InChI is InChI=1S/C25H32N2O3/c1-26(2)22-7-4-18(5-8-22)14-25(28)27-17-20-6-9-23(29-3)15-21(20)16-24(27)19-10-12-30-13-11-19/h4-9,15,19,24H,10-14,16-17H2,1-3H3/t24-/m0/s1. The van der Waals surface area contributed by atoms with Gasteiger partial charge in [0.15, 0.2) is 0 Å². The molecule has 0 bridgehead atoms. The summed E-state index contributed by atoms with van der Waals surface area (Å²) in [5.41, 5.74) is 4.75. The summed E-state index contributed by atoms with van der Waals surface area (Å²) in [5.74, 6) is 1.59. The molecule has 0 unspecified atom stereocenters. The number of ether oxygens (including phenoxy) is 2. The van der Waals surface area contributed by atoms with E-state index in [1.165, 1.54) is 11.1 Å². The van der Waals surface area contributed by atoms with Crippen molar-refractivity contribution in [1.29, 1.82) is 0 Å². The molecule has 2 aliphatic heterocycles. The lowest BCUT2D eigenvalue weighted by molar-refractivity contribution is -0.136. The van der Waals surface area contributed by atoms with Gasteiger partial charge in [-0.25, -0.2) is 0 Å². The lowest BCUT2D eigenvalue weighted by atomic mass is 9.82. The lowest BCUT2D eigenvalue weighted by Gasteiger charge is -2.42. The number of hydrogen-bond acceptors (Lipinski definition) is 4. The summed E-state index contributed by atoms with van der Waals surface area (Å²) < 4.78 is 11.0. The summed E-state index contributed by atoms with van der Waals surface area (Å²) >= 11 is 0. The highest BCUT2D eigenvalue weighted by Gasteiger charge is 2.35. The molecule has 160 valence electrons. The Balaban J connectivity index is 1.56. The molecule has 0 aromatic heterocycles. The van der Waals surface area contributed by atoms with Crippen LogP contribution in [0.3, 0.4) is 0 Å². The first-order valence-electron chi connectivity index (χ1n) is 10.8. The Morgan fingerprint density at radius 2 is 1.83 bits per heavy atom. The SMILES string of the molecule is COc1ccc2c(c1)C[C@@H](C1CCOCC1)N(C(=O)Cc1ccc(N(C)C)cc1)C2. The Labute approximate surface area is 179 Å². The molecule has 0 spiro atoms. The van der Waals surface area contributed by atoms with Gasteiger partial charge in [0.25, 0.3) is 0 Å². The number of carbonyl (C=O) groups excluding carboxylic acids is 1. The van der Waals surface area contributed by atoms with Crippen LogP contribution in [0.2, 0.25) is 0 Å². The van der Waals surface area contributed by atoms with Crippen LogP contribution in [0.4, 0.5) is 5.69 Å². The van der Waals surface area contributed by atoms with Crippen LogP contribution >= 0.6 is 0 Å². The lowest BCUT2D eigenvalue weighted by Crippen LogP contribution is -2.49. The molecule has 5 nitrogen and oxygen atoms in total. The van der Waals surface area contributed by atoms with Crippen LogP contribution in [0, 0.1) is 5.92 Å². The van der Waals surface area contributed by atoms with Crippen molar-refractivity contribution in [2.24, 2.45) is 5.92 Å². The molecule has 1 atom stereocenters. The van der Waals surface area contributed by atoms with Crippen molar-refractivity contribution in [2.45, 2.75) is 38.3 Å². The first-order valence-corrected chi connectivity index (χ1v) is 10.8. The highest BCUT2D eigenvalue weighted by molar-refractivity contribution is 5.79. The van der Waals surface area contributed by atoms with Crippen molar-refractivity contribution in [3.05, 3.63) is 59.2 Å². The van der Waals surface area contributed by atoms with Crippen LogP contribution in [0.15, 0.2) is 42.5 Å². The molecule has 30 heavy (non-hydrogen) atoms. The van der Waals surface area contributed by atoms with E-state index in [9.17, 15) is 4.79 Å². The first kappa shape index (κ1) is 20.7. The Hall–Kier alpha value is -2.53. The van der Waals surface area contributed by atoms with Gasteiger partial charge in [-0.1, -0.05) is 18.2 Å². The summed E-state index contributed by atoms with van der Waals surface area (Å²) in [6.07, 6.45) is 3.37. The van der Waals surface area contributed by atoms with Crippen molar-refractivity contribution in [3.63, 3.8) is 0 Å². The Morgan fingerprint density at radius 3 is 2.50 bits per heavy atom. The average Bonchev–Trinajstić information content (AvgIpc) is 2.78. The summed E-state index contributed by atoms with van der Waals surface area (Å²) in [6, 6.07) is 14.8. The van der Waals surface area contributed by atoms with E-state index < -0.39 is 0 Å². The van der Waals surface area contributed by atoms with Crippen LogP contribution in [0.1, 0.15) is 29.5 Å². The molecule has 1 amide bonds. The minimum atomic E-state index is 0.213. The van der Waals surface area contributed by atoms with Gasteiger partial charge in [-0.15, -0.1) is 0 Å². The number of hydrogen-bond donors (Lipinski definition) is 0. The van der Waals surface area contributed by atoms with Gasteiger partial charge in [-0.2, -0.15) is 0 Å². The number of carbonyl (C=O) groups is 1. The second-order valence-corrected chi connectivity index (χ2v) is 8.62. The number of nitrogens with zero attached hydrogens (tertiary/aromatic N) is 2. The monoisotopic (exact) mass is 408 g/mol. The van der Waals surface area contributed by atoms with E-state index in [0.29, 0.717) is 18.9 Å². The van der Waals surface area contributed by atoms with Crippen molar-refractivity contribution < 1.29 is 14.3 Å². The second-order valence-electron chi connectivity index (χ2n) is 8.62. The molecular formula is C25H32N2O3. The van der Waals surface area contributed by atoms with E-state index in [-0.39, 0.29) is 11.9 Å². The summed E-state index contributed by atoms with van der Waals surface area (Å²) in [6.45, 7) is 2.26. The fourth-order valence-corrected chi connectivity index (χ4v) is 4.69. The second kappa shape index (κ2) is 9.09. The number of benzene rings is 2. The van der Waals surface area contributed by atoms with Gasteiger partial charge >= 0.3 is 0 Å². The van der Waals surface area contributed by atoms with Crippen LogP contribution in [0.5, 0.6) is 5.75 Å². The molecule has 2 aliphatic rings. The summed E-state index contributed by atoms with van der Waals surface area (Å²) in [5, 5.41) is 0. The van der Waals surface area contributed by atoms with Crippen molar-refractivity contribution in [1.82, 2.24) is 4.90 Å². The molecule has 4 rings (SSSR count). The molecule has 2 heterocycles. The molecule has 2 aromatic carbocycles. The van der Waals surface area contributed by atoms with E-state index in [4.69, 9.17) is 9.47 Å². The average molecular weight is 409 g/mol. The van der Waals surface area contributed by atoms with Crippen molar-refractivity contribution in [3.8, 4) is 5.75 Å². The normalized spacial score (nSPS) is 19.3. The number of rotatable bonds is 5. The van der Waals surface area contributed by atoms with Crippen LogP contribution in [-0.4, -0.2) is 51.3 Å². The zero-order valence-electron chi connectivity index (χ0n) is 18.3. The van der Waals surface area contributed by atoms with Gasteiger partial charge in [-0.05, 0) is 66.1 Å². The number of fused-ring (bicyclic) bond motifs is 1. The van der Waals surface area contributed by atoms with Gasteiger partial charge in [0.05, 0.1) is 13.5 Å². The summed E-state index contributed by atoms with van der Waals surface area (Å²) in [7, 11) is 5.76. The van der Waals surface area contributed by atoms with Gasteiger partial charge in [0.1, 0.15) is 5.75 Å². The Morgan fingerprint density at radius 1 is 1.10 bits per heavy atom. The zero-order valence-corrected chi connectivity index (χ0v) is 18.3. The van der Waals surface area contributed by atoms with E-state index >= 15 is 0 Å². The van der Waals surface area contributed by atoms with Crippen LogP contribution in [0.25, 0.3) is 0 Å². The fraction of sp³-hybridized carbons (Fsp3) is 0.480. The fourth-order valence-electron chi connectivity index (χ4n) is 4.69. The topological polar surface area (TPSA) is 42.0 Å². The molecule has 1 fully saturated rings. The number of anilines is 1. The molecular weight excluding hydrogens is 376 g/mol. The van der Waals surface area contributed by atoms with Crippen LogP contribution < -0.4 is 9.64 Å². The maximum absolute atomic E-state index is 13.4. The first-order chi connectivity index (χ1) is 14.5. The van der Waals surface area contributed by atoms with E-state index in [2.05, 4.69) is 46.2 Å². The third-order valence-corrected chi connectivity index (χ3v) is 6.52. The third-order valence-electron chi connectivity index (χ3n) is 6.52. The molecule has 0 aliphatic carbocycles. The van der Waals surface area contributed by atoms with Gasteiger partial charge < -0.3 is 19.3 Å². The van der Waals surface area contributed by atoms with Crippen molar-refractivity contribution in [2.75, 3.05) is 39.3 Å². The smallest absolute Gasteiger partial charge is 0.227 e. The van der Waals surface area contributed by atoms with E-state index in [1.54, 1.807) is 7.11 Å². The molecule has 1 saturated heterocycles. The minimum absolute atomic E-state index is 0.213. The van der Waals surface area contributed by atoms with Gasteiger partial charge in [0, 0.05) is 45.6 Å². The minimum Gasteiger partial charge on any atom is -0.497 e. The molecule has 5 heteroatoms. The predicted octanol–water partition coefficient (Wildman–Crippen LogP) is 3.68. The quantitative estimate of drug-likeness (QED) is 0.757. The Bertz CT molecular complexity index is 872. The van der Waals surface area contributed by atoms with Gasteiger partial charge in [0.2, 0.25) is 5.91 Å². The highest BCUT2D eigenvalue weighted by Crippen LogP contribution is 2.34.